The zero-order valence-electron chi connectivity index (χ0n) is 13.3. The zero-order chi connectivity index (χ0) is 15.3. The van der Waals surface area contributed by atoms with Gasteiger partial charge >= 0.3 is 0 Å². The van der Waals surface area contributed by atoms with Gasteiger partial charge in [-0.15, -0.1) is 0 Å². The standard InChI is InChI=1S/C17H27NO3/c1-17(2,3)10-14(19)12-18-11-13-5-6-15-16(9-13)21-8-4-7-20-15/h5-6,9,14,18-19H,4,7-8,10-12H2,1-3H3. The van der Waals surface area contributed by atoms with Gasteiger partial charge in [0.05, 0.1) is 19.3 Å². The predicted octanol–water partition coefficient (Wildman–Crippen LogP) is 2.73. The molecular weight excluding hydrogens is 266 g/mol. The SMILES string of the molecule is CC(C)(C)CC(O)CNCc1ccc2c(c1)OCCCO2. The van der Waals surface area contributed by atoms with Crippen molar-refractivity contribution in [1.82, 2.24) is 5.32 Å². The van der Waals surface area contributed by atoms with Gasteiger partial charge in [-0.3, -0.25) is 0 Å². The minimum absolute atomic E-state index is 0.149. The van der Waals surface area contributed by atoms with E-state index in [-0.39, 0.29) is 11.5 Å². The van der Waals surface area contributed by atoms with Gasteiger partial charge in [0.25, 0.3) is 0 Å². The third-order valence-electron chi connectivity index (χ3n) is 3.37. The van der Waals surface area contributed by atoms with Crippen molar-refractivity contribution in [2.45, 2.75) is 46.3 Å². The minimum Gasteiger partial charge on any atom is -0.490 e. The summed E-state index contributed by atoms with van der Waals surface area (Å²) in [4.78, 5) is 0. The Labute approximate surface area is 127 Å². The van der Waals surface area contributed by atoms with Crippen LogP contribution < -0.4 is 14.8 Å². The molecule has 1 unspecified atom stereocenters. The number of rotatable bonds is 5. The summed E-state index contributed by atoms with van der Waals surface area (Å²) in [7, 11) is 0. The van der Waals surface area contributed by atoms with Crippen LogP contribution in [0, 0.1) is 5.41 Å². The molecule has 0 saturated carbocycles. The molecule has 4 nitrogen and oxygen atoms in total. The van der Waals surface area contributed by atoms with Crippen molar-refractivity contribution in [3.63, 3.8) is 0 Å². The smallest absolute Gasteiger partial charge is 0.161 e. The minimum atomic E-state index is -0.314. The van der Waals surface area contributed by atoms with Gasteiger partial charge in [-0.05, 0) is 29.5 Å². The molecule has 1 aromatic carbocycles. The molecule has 2 rings (SSSR count). The van der Waals surface area contributed by atoms with Gasteiger partial charge in [-0.2, -0.15) is 0 Å². The number of fused-ring (bicyclic) bond motifs is 1. The first-order valence-corrected chi connectivity index (χ1v) is 7.71. The lowest BCUT2D eigenvalue weighted by atomic mass is 9.89. The van der Waals surface area contributed by atoms with Crippen molar-refractivity contribution in [3.8, 4) is 11.5 Å². The van der Waals surface area contributed by atoms with Crippen LogP contribution in [0.4, 0.5) is 0 Å². The molecule has 1 aliphatic rings. The van der Waals surface area contributed by atoms with Crippen molar-refractivity contribution >= 4 is 0 Å². The van der Waals surface area contributed by atoms with Gasteiger partial charge in [-0.1, -0.05) is 26.8 Å². The Balaban J connectivity index is 1.82. The number of benzene rings is 1. The van der Waals surface area contributed by atoms with Gasteiger partial charge < -0.3 is 19.9 Å². The molecule has 1 atom stereocenters. The Morgan fingerprint density at radius 1 is 1.19 bits per heavy atom. The third-order valence-corrected chi connectivity index (χ3v) is 3.37. The Morgan fingerprint density at radius 3 is 2.62 bits per heavy atom. The van der Waals surface area contributed by atoms with Crippen LogP contribution in [-0.4, -0.2) is 31.0 Å². The fraction of sp³-hybridized carbons (Fsp3) is 0.647. The molecule has 1 aliphatic heterocycles. The molecule has 0 saturated heterocycles. The Kier molecular flexibility index (Phi) is 5.48. The molecule has 118 valence electrons. The van der Waals surface area contributed by atoms with E-state index in [1.54, 1.807) is 0 Å². The fourth-order valence-corrected chi connectivity index (χ4v) is 2.48. The number of nitrogens with one attached hydrogen (secondary N) is 1. The first kappa shape index (κ1) is 16.1. The summed E-state index contributed by atoms with van der Waals surface area (Å²) in [5.41, 5.74) is 1.29. The second kappa shape index (κ2) is 7.14. The van der Waals surface area contributed by atoms with Crippen LogP contribution in [0.2, 0.25) is 0 Å². The fourth-order valence-electron chi connectivity index (χ4n) is 2.48. The molecule has 0 fully saturated rings. The molecule has 1 aromatic rings. The first-order chi connectivity index (χ1) is 9.94. The van der Waals surface area contributed by atoms with Gasteiger partial charge in [0.1, 0.15) is 0 Å². The van der Waals surface area contributed by atoms with Crippen LogP contribution in [0.3, 0.4) is 0 Å². The quantitative estimate of drug-likeness (QED) is 0.876. The van der Waals surface area contributed by atoms with E-state index < -0.39 is 0 Å². The Bertz CT molecular complexity index is 454. The lowest BCUT2D eigenvalue weighted by Crippen LogP contribution is -2.29. The summed E-state index contributed by atoms with van der Waals surface area (Å²) >= 11 is 0. The number of aliphatic hydroxyl groups is 1. The number of ether oxygens (including phenoxy) is 2. The molecular formula is C17H27NO3. The van der Waals surface area contributed by atoms with Crippen LogP contribution >= 0.6 is 0 Å². The van der Waals surface area contributed by atoms with E-state index in [2.05, 4.69) is 26.1 Å². The maximum Gasteiger partial charge on any atom is 0.161 e. The molecule has 0 amide bonds. The van der Waals surface area contributed by atoms with Gasteiger partial charge in [0.15, 0.2) is 11.5 Å². The van der Waals surface area contributed by atoms with Crippen LogP contribution in [0.5, 0.6) is 11.5 Å². The molecule has 0 radical (unpaired) electrons. The average Bonchev–Trinajstić information content (AvgIpc) is 2.61. The zero-order valence-corrected chi connectivity index (χ0v) is 13.3. The van der Waals surface area contributed by atoms with E-state index in [1.165, 1.54) is 0 Å². The second-order valence-electron chi connectivity index (χ2n) is 6.88. The van der Waals surface area contributed by atoms with E-state index in [9.17, 15) is 5.11 Å². The van der Waals surface area contributed by atoms with E-state index in [1.807, 2.05) is 18.2 Å². The predicted molar refractivity (Wildman–Crippen MR) is 83.8 cm³/mol. The summed E-state index contributed by atoms with van der Waals surface area (Å²) in [5, 5.41) is 13.3. The maximum atomic E-state index is 9.98. The highest BCUT2D eigenvalue weighted by atomic mass is 16.5. The largest absolute Gasteiger partial charge is 0.490 e. The highest BCUT2D eigenvalue weighted by Crippen LogP contribution is 2.30. The third kappa shape index (κ3) is 5.56. The van der Waals surface area contributed by atoms with E-state index in [0.717, 1.165) is 36.4 Å². The molecule has 4 heteroatoms. The van der Waals surface area contributed by atoms with Gasteiger partial charge in [0, 0.05) is 19.5 Å². The van der Waals surface area contributed by atoms with Crippen molar-refractivity contribution in [2.24, 2.45) is 5.41 Å². The lowest BCUT2D eigenvalue weighted by Gasteiger charge is -2.22. The van der Waals surface area contributed by atoms with Crippen molar-refractivity contribution in [1.29, 1.82) is 0 Å². The average molecular weight is 293 g/mol. The number of hydrogen-bond donors (Lipinski definition) is 2. The Morgan fingerprint density at radius 2 is 1.90 bits per heavy atom. The first-order valence-electron chi connectivity index (χ1n) is 7.71. The second-order valence-corrected chi connectivity index (χ2v) is 6.88. The van der Waals surface area contributed by atoms with E-state index >= 15 is 0 Å². The highest BCUT2D eigenvalue weighted by Gasteiger charge is 2.16. The summed E-state index contributed by atoms with van der Waals surface area (Å²) in [5.74, 6) is 1.64. The number of aliphatic hydroxyl groups excluding tert-OH is 1. The maximum absolute atomic E-state index is 9.98. The topological polar surface area (TPSA) is 50.7 Å². The lowest BCUT2D eigenvalue weighted by molar-refractivity contribution is 0.119. The van der Waals surface area contributed by atoms with Crippen molar-refractivity contribution < 1.29 is 14.6 Å². The number of hydrogen-bond acceptors (Lipinski definition) is 4. The van der Waals surface area contributed by atoms with Gasteiger partial charge in [-0.25, -0.2) is 0 Å². The van der Waals surface area contributed by atoms with Crippen LogP contribution in [0.15, 0.2) is 18.2 Å². The molecule has 0 spiro atoms. The summed E-state index contributed by atoms with van der Waals surface area (Å²) in [6.07, 6.45) is 1.40. The van der Waals surface area contributed by atoms with Gasteiger partial charge in [0.2, 0.25) is 0 Å². The highest BCUT2D eigenvalue weighted by molar-refractivity contribution is 5.43. The van der Waals surface area contributed by atoms with Crippen LogP contribution in [-0.2, 0) is 6.54 Å². The molecule has 21 heavy (non-hydrogen) atoms. The van der Waals surface area contributed by atoms with Crippen LogP contribution in [0.25, 0.3) is 0 Å². The summed E-state index contributed by atoms with van der Waals surface area (Å²) < 4.78 is 11.3. The monoisotopic (exact) mass is 293 g/mol. The van der Waals surface area contributed by atoms with E-state index in [0.29, 0.717) is 19.8 Å². The van der Waals surface area contributed by atoms with Crippen LogP contribution in [0.1, 0.15) is 39.2 Å². The van der Waals surface area contributed by atoms with Crippen molar-refractivity contribution in [3.05, 3.63) is 23.8 Å². The molecule has 1 heterocycles. The van der Waals surface area contributed by atoms with E-state index in [4.69, 9.17) is 9.47 Å². The molecule has 0 aliphatic carbocycles. The van der Waals surface area contributed by atoms with Crippen molar-refractivity contribution in [2.75, 3.05) is 19.8 Å². The Hall–Kier alpha value is -1.26. The normalized spacial score (nSPS) is 16.4. The summed E-state index contributed by atoms with van der Waals surface area (Å²) in [6, 6.07) is 6.02. The summed E-state index contributed by atoms with van der Waals surface area (Å²) in [6.45, 7) is 9.15. The molecule has 0 bridgehead atoms. The molecule has 2 N–H and O–H groups in total. The molecule has 0 aromatic heterocycles.